The first kappa shape index (κ1) is 26.5. The first-order valence-electron chi connectivity index (χ1n) is 13.0. The SMILES string of the molecule is COC(=O)CC1CCC2(CC1)CCN(c1ccc(NC(=O)c3nnc(Nc4ccc(F)c(F)c4)o3)cn1)CC2. The van der Waals surface area contributed by atoms with E-state index in [2.05, 4.69) is 30.7 Å². The van der Waals surface area contributed by atoms with E-state index in [1.807, 2.05) is 6.07 Å². The number of halogens is 2. The van der Waals surface area contributed by atoms with Crippen LogP contribution in [0.2, 0.25) is 0 Å². The Morgan fingerprint density at radius 3 is 2.46 bits per heavy atom. The average Bonchev–Trinajstić information content (AvgIpc) is 3.42. The summed E-state index contributed by atoms with van der Waals surface area (Å²) in [6, 6.07) is 6.69. The number of anilines is 4. The largest absolute Gasteiger partial charge is 0.469 e. The fourth-order valence-electron chi connectivity index (χ4n) is 5.42. The highest BCUT2D eigenvalue weighted by molar-refractivity contribution is 6.00. The third-order valence-electron chi connectivity index (χ3n) is 7.79. The van der Waals surface area contributed by atoms with Crippen LogP contribution in [-0.4, -0.2) is 47.3 Å². The van der Waals surface area contributed by atoms with Gasteiger partial charge in [-0.25, -0.2) is 13.8 Å². The molecule has 3 aromatic rings. The van der Waals surface area contributed by atoms with Gasteiger partial charge in [-0.15, -0.1) is 5.10 Å². The molecule has 1 aliphatic carbocycles. The molecule has 2 N–H and O–H groups in total. The minimum atomic E-state index is -1.03. The number of piperidine rings is 1. The molecule has 5 rings (SSSR count). The van der Waals surface area contributed by atoms with Gasteiger partial charge in [-0.1, -0.05) is 5.10 Å². The van der Waals surface area contributed by atoms with Gasteiger partial charge in [0.05, 0.1) is 19.0 Å². The summed E-state index contributed by atoms with van der Waals surface area (Å²) < 4.78 is 36.6. The van der Waals surface area contributed by atoms with Crippen molar-refractivity contribution in [2.75, 3.05) is 35.7 Å². The maximum Gasteiger partial charge on any atom is 0.320 e. The number of carbonyl (C=O) groups excluding carboxylic acids is 2. The number of hydrogen-bond acceptors (Lipinski definition) is 9. The van der Waals surface area contributed by atoms with Gasteiger partial charge < -0.3 is 24.7 Å². The second kappa shape index (κ2) is 11.3. The third-order valence-corrected chi connectivity index (χ3v) is 7.79. The van der Waals surface area contributed by atoms with Crippen molar-refractivity contribution in [3.63, 3.8) is 0 Å². The Balaban J connectivity index is 1.11. The number of amides is 1. The van der Waals surface area contributed by atoms with E-state index in [1.54, 1.807) is 12.3 Å². The van der Waals surface area contributed by atoms with E-state index < -0.39 is 17.5 Å². The summed E-state index contributed by atoms with van der Waals surface area (Å²) in [7, 11) is 1.45. The molecule has 0 atom stereocenters. The molecule has 12 heteroatoms. The van der Waals surface area contributed by atoms with Gasteiger partial charge in [0.15, 0.2) is 11.6 Å². The summed E-state index contributed by atoms with van der Waals surface area (Å²) in [4.78, 5) is 30.9. The van der Waals surface area contributed by atoms with E-state index in [1.165, 1.54) is 13.2 Å². The number of hydrogen-bond donors (Lipinski definition) is 2. The van der Waals surface area contributed by atoms with Gasteiger partial charge in [0.2, 0.25) is 0 Å². The van der Waals surface area contributed by atoms with Crippen LogP contribution in [0.25, 0.3) is 0 Å². The molecule has 2 aliphatic rings. The van der Waals surface area contributed by atoms with Crippen molar-refractivity contribution in [1.29, 1.82) is 0 Å². The Morgan fingerprint density at radius 1 is 1.05 bits per heavy atom. The van der Waals surface area contributed by atoms with Crippen molar-refractivity contribution in [1.82, 2.24) is 15.2 Å². The number of benzene rings is 1. The zero-order valence-electron chi connectivity index (χ0n) is 21.6. The Hall–Kier alpha value is -4.09. The summed E-state index contributed by atoms with van der Waals surface area (Å²) in [5, 5.41) is 12.7. The van der Waals surface area contributed by atoms with Crippen molar-refractivity contribution < 1.29 is 27.5 Å². The number of nitrogens with one attached hydrogen (secondary N) is 2. The third kappa shape index (κ3) is 6.32. The predicted molar refractivity (Wildman–Crippen MR) is 139 cm³/mol. The van der Waals surface area contributed by atoms with Crippen molar-refractivity contribution in [3.05, 3.63) is 54.1 Å². The second-order valence-corrected chi connectivity index (χ2v) is 10.2. The molecule has 1 saturated carbocycles. The number of ether oxygens (including phenoxy) is 1. The molecule has 39 heavy (non-hydrogen) atoms. The van der Waals surface area contributed by atoms with Crippen molar-refractivity contribution in [3.8, 4) is 0 Å². The van der Waals surface area contributed by atoms with Crippen LogP contribution in [-0.2, 0) is 9.53 Å². The van der Waals surface area contributed by atoms with E-state index >= 15 is 0 Å². The number of esters is 1. The number of pyridine rings is 1. The first-order chi connectivity index (χ1) is 18.8. The molecular formula is C27H30F2N6O4. The van der Waals surface area contributed by atoms with Crippen LogP contribution in [0.4, 0.5) is 32.0 Å². The monoisotopic (exact) mass is 540 g/mol. The van der Waals surface area contributed by atoms with Gasteiger partial charge in [-0.2, -0.15) is 0 Å². The van der Waals surface area contributed by atoms with Gasteiger partial charge in [0.1, 0.15) is 5.82 Å². The van der Waals surface area contributed by atoms with Crippen LogP contribution in [0.3, 0.4) is 0 Å². The maximum absolute atomic E-state index is 13.4. The normalized spacial score (nSPS) is 17.2. The van der Waals surface area contributed by atoms with Crippen molar-refractivity contribution >= 4 is 35.1 Å². The Labute approximate surface area is 224 Å². The first-order valence-corrected chi connectivity index (χ1v) is 13.0. The van der Waals surface area contributed by atoms with Crippen molar-refractivity contribution in [2.24, 2.45) is 11.3 Å². The lowest BCUT2D eigenvalue weighted by atomic mass is 9.65. The number of aromatic nitrogens is 3. The number of rotatable bonds is 7. The quantitative estimate of drug-likeness (QED) is 0.395. The average molecular weight is 541 g/mol. The number of methoxy groups -OCH3 is 1. The molecule has 1 aliphatic heterocycles. The fraction of sp³-hybridized carbons (Fsp3) is 0.444. The second-order valence-electron chi connectivity index (χ2n) is 10.2. The van der Waals surface area contributed by atoms with E-state index in [0.717, 1.165) is 69.6 Å². The molecule has 1 spiro atoms. The van der Waals surface area contributed by atoms with Crippen LogP contribution in [0.1, 0.15) is 55.6 Å². The lowest BCUT2D eigenvalue weighted by Crippen LogP contribution is -2.42. The molecule has 0 unspecified atom stereocenters. The maximum atomic E-state index is 13.4. The molecule has 0 radical (unpaired) electrons. The number of nitrogens with zero attached hydrogens (tertiary/aromatic N) is 4. The topological polar surface area (TPSA) is 122 Å². The smallest absolute Gasteiger partial charge is 0.320 e. The van der Waals surface area contributed by atoms with Crippen LogP contribution < -0.4 is 15.5 Å². The lowest BCUT2D eigenvalue weighted by molar-refractivity contribution is -0.142. The summed E-state index contributed by atoms with van der Waals surface area (Å²) in [5.41, 5.74) is 1.01. The molecule has 2 fully saturated rings. The van der Waals surface area contributed by atoms with E-state index in [0.29, 0.717) is 23.4 Å². The molecule has 206 valence electrons. The zero-order valence-corrected chi connectivity index (χ0v) is 21.6. The Bertz CT molecular complexity index is 1310. The minimum Gasteiger partial charge on any atom is -0.469 e. The van der Waals surface area contributed by atoms with Crippen LogP contribution in [0, 0.1) is 23.0 Å². The molecule has 10 nitrogen and oxygen atoms in total. The summed E-state index contributed by atoms with van der Waals surface area (Å²) in [6.45, 7) is 1.83. The van der Waals surface area contributed by atoms with Crippen LogP contribution in [0.5, 0.6) is 0 Å². The Kier molecular flexibility index (Phi) is 7.71. The molecule has 2 aromatic heterocycles. The zero-order chi connectivity index (χ0) is 27.4. The van der Waals surface area contributed by atoms with Gasteiger partial charge in [0.25, 0.3) is 0 Å². The van der Waals surface area contributed by atoms with Crippen LogP contribution in [0.15, 0.2) is 40.9 Å². The Morgan fingerprint density at radius 2 is 1.79 bits per heavy atom. The van der Waals surface area contributed by atoms with Gasteiger partial charge >= 0.3 is 23.8 Å². The molecule has 1 aromatic carbocycles. The minimum absolute atomic E-state index is 0.116. The fourth-order valence-corrected chi connectivity index (χ4v) is 5.42. The highest BCUT2D eigenvalue weighted by atomic mass is 19.2. The summed E-state index contributed by atoms with van der Waals surface area (Å²) in [5.74, 6) is -1.78. The molecule has 3 heterocycles. The highest BCUT2D eigenvalue weighted by Gasteiger charge is 2.38. The van der Waals surface area contributed by atoms with E-state index in [9.17, 15) is 18.4 Å². The highest BCUT2D eigenvalue weighted by Crippen LogP contribution is 2.47. The molecule has 1 amide bonds. The summed E-state index contributed by atoms with van der Waals surface area (Å²) >= 11 is 0. The number of carbonyl (C=O) groups is 2. The van der Waals surface area contributed by atoms with Crippen molar-refractivity contribution in [2.45, 2.75) is 44.9 Å². The summed E-state index contributed by atoms with van der Waals surface area (Å²) in [6.07, 6.45) is 8.73. The standard InChI is InChI=1S/C27H30F2N6O4/c1-38-23(36)14-17-6-8-27(9-7-17)10-12-35(13-11-27)22-5-3-19(16-30-22)31-24(37)25-33-34-26(39-25)32-18-2-4-20(28)21(29)15-18/h2-5,15-17H,6-14H2,1H3,(H,31,37)(H,32,34). The van der Waals surface area contributed by atoms with Gasteiger partial charge in [-0.3, -0.25) is 9.59 Å². The molecule has 1 saturated heterocycles. The molecular weight excluding hydrogens is 510 g/mol. The van der Waals surface area contributed by atoms with Gasteiger partial charge in [-0.05, 0) is 74.1 Å². The van der Waals surface area contributed by atoms with E-state index in [4.69, 9.17) is 9.15 Å². The predicted octanol–water partition coefficient (Wildman–Crippen LogP) is 5.08. The lowest BCUT2D eigenvalue weighted by Gasteiger charge is -2.46. The van der Waals surface area contributed by atoms with Crippen LogP contribution >= 0.6 is 0 Å². The molecule has 0 bridgehead atoms. The van der Waals surface area contributed by atoms with E-state index in [-0.39, 0.29) is 23.6 Å². The van der Waals surface area contributed by atoms with Gasteiger partial charge in [0, 0.05) is 31.3 Å².